The van der Waals surface area contributed by atoms with E-state index in [0.717, 1.165) is 13.8 Å². The minimum atomic E-state index is -3.07. The van der Waals surface area contributed by atoms with Gasteiger partial charge in [-0.25, -0.2) is 9.18 Å². The third-order valence-corrected chi connectivity index (χ3v) is 8.57. The summed E-state index contributed by atoms with van der Waals surface area (Å²) in [6.07, 6.45) is -25.9. The predicted octanol–water partition coefficient (Wildman–Crippen LogP) is -5.38. The number of hydrogen-bond acceptors (Lipinski definition) is 18. The van der Waals surface area contributed by atoms with Gasteiger partial charge in [-0.3, -0.25) is 9.59 Å². The van der Waals surface area contributed by atoms with Gasteiger partial charge in [0.15, 0.2) is 12.6 Å². The van der Waals surface area contributed by atoms with Gasteiger partial charge in [-0.1, -0.05) is 5.11 Å². The number of aliphatic hydroxyl groups is 8. The van der Waals surface area contributed by atoms with Crippen LogP contribution in [-0.4, -0.2) is 194 Å². The Kier molecular flexibility index (Phi) is 16.2. The van der Waals surface area contributed by atoms with E-state index in [2.05, 4.69) is 20.7 Å². The molecular weight excluding hydrogens is 713 g/mol. The average Bonchev–Trinajstić information content (AvgIpc) is 3.09. The van der Waals surface area contributed by atoms with Crippen molar-refractivity contribution in [1.29, 1.82) is 0 Å². The number of azide groups is 1. The lowest BCUT2D eigenvalue weighted by atomic mass is 9.88. The van der Waals surface area contributed by atoms with Crippen LogP contribution in [0.1, 0.15) is 26.7 Å². The minimum Gasteiger partial charge on any atom is -0.477 e. The van der Waals surface area contributed by atoms with Gasteiger partial charge < -0.3 is 85.0 Å². The third-order valence-electron chi connectivity index (χ3n) is 8.57. The summed E-state index contributed by atoms with van der Waals surface area (Å²) < 4.78 is 47.7. The highest BCUT2D eigenvalue weighted by Gasteiger charge is 2.60. The smallest absolute Gasteiger partial charge is 0.364 e. The van der Waals surface area contributed by atoms with Crippen molar-refractivity contribution in [3.8, 4) is 0 Å². The second-order valence-electron chi connectivity index (χ2n) is 12.4. The highest BCUT2D eigenvalue weighted by Crippen LogP contribution is 2.38. The predicted molar refractivity (Wildman–Crippen MR) is 163 cm³/mol. The van der Waals surface area contributed by atoms with Crippen molar-refractivity contribution in [2.75, 3.05) is 33.0 Å². The first kappa shape index (κ1) is 43.5. The van der Waals surface area contributed by atoms with Crippen LogP contribution in [0.2, 0.25) is 0 Å². The van der Waals surface area contributed by atoms with Crippen LogP contribution in [0.15, 0.2) is 5.11 Å². The lowest BCUT2D eigenvalue weighted by molar-refractivity contribution is -0.381. The zero-order valence-corrected chi connectivity index (χ0v) is 28.0. The number of ether oxygens (including phenoxy) is 6. The van der Waals surface area contributed by atoms with Crippen molar-refractivity contribution >= 4 is 17.8 Å². The molecule has 24 heteroatoms. The molecule has 0 saturated carbocycles. The number of nitrogens with zero attached hydrogens (tertiary/aromatic N) is 3. The normalized spacial score (nSPS) is 39.1. The molecule has 0 unspecified atom stereocenters. The Balaban J connectivity index is 1.97. The van der Waals surface area contributed by atoms with Gasteiger partial charge >= 0.3 is 5.97 Å². The van der Waals surface area contributed by atoms with E-state index in [1.54, 1.807) is 0 Å². The summed E-state index contributed by atoms with van der Waals surface area (Å²) in [6.45, 7) is -1.41. The Labute approximate surface area is 294 Å². The largest absolute Gasteiger partial charge is 0.477 e. The number of alkyl halides is 1. The van der Waals surface area contributed by atoms with Crippen molar-refractivity contribution in [1.82, 2.24) is 10.6 Å². The molecule has 3 aliphatic rings. The molecule has 3 fully saturated rings. The average molecular weight is 760 g/mol. The third kappa shape index (κ3) is 10.2. The summed E-state index contributed by atoms with van der Waals surface area (Å²) in [5.41, 5.74) is 8.48. The molecule has 11 N–H and O–H groups in total. The number of hydrogen-bond donors (Lipinski definition) is 11. The number of nitrogens with one attached hydrogen (secondary N) is 2. The molecule has 0 radical (unpaired) electrons. The standard InChI is InChI=1S/C28H46FN5O18/c1-10(37)32-16-12(39)6-28(27(45)46,51-23(16)18(41)13(40)8-35)52-24-20(43)15(9-36)49-26(21(24)44)50-22-17(33-11(2)38)25(47-5-3-4-31-34-30)48-14(7-29)19(22)42/h12-26,35-36,39-44H,3-9H2,1-2H3,(H,32,37)(H,33,38)(H,45,46)/t12-,13+,14+,15+,16+,17+,18+,19-,20-,21+,22+,23+,24-,25-,26-,28-/m0/s1. The highest BCUT2D eigenvalue weighted by atomic mass is 19.1. The molecule has 3 rings (SSSR count). The van der Waals surface area contributed by atoms with Gasteiger partial charge in [0.25, 0.3) is 5.79 Å². The molecular formula is C28H46FN5O18. The van der Waals surface area contributed by atoms with Crippen LogP contribution in [0, 0.1) is 0 Å². The number of halogens is 1. The van der Waals surface area contributed by atoms with E-state index in [1.807, 2.05) is 0 Å². The molecule has 0 bridgehead atoms. The van der Waals surface area contributed by atoms with E-state index < -0.39 is 142 Å². The van der Waals surface area contributed by atoms with E-state index in [-0.39, 0.29) is 19.6 Å². The van der Waals surface area contributed by atoms with Crippen molar-refractivity contribution in [2.45, 2.75) is 124 Å². The molecule has 52 heavy (non-hydrogen) atoms. The zero-order chi connectivity index (χ0) is 38.9. The SMILES string of the molecule is CC(=O)N[C@H]1[C@@H](OCCCN=[N+]=[N-])O[C@H](CF)[C@H](O)[C@@H]1O[C@@H]1O[C@H](CO)[C@H](O)[C@H](O[C@]2(C(=O)O)C[C@H](O)[C@@H](NC(C)=O)[C@H]([C@H](O)[C@H](O)CO)O2)[C@H]1O. The van der Waals surface area contributed by atoms with E-state index in [0.29, 0.717) is 0 Å². The number of aliphatic carboxylic acids is 1. The minimum absolute atomic E-state index is 0.00564. The number of carboxylic acid groups (broad SMARTS) is 1. The van der Waals surface area contributed by atoms with Crippen molar-refractivity contribution in [3.05, 3.63) is 10.4 Å². The quantitative estimate of drug-likeness (QED) is 0.0285. The van der Waals surface area contributed by atoms with Crippen molar-refractivity contribution in [3.63, 3.8) is 0 Å². The van der Waals surface area contributed by atoms with Gasteiger partial charge in [0.2, 0.25) is 11.8 Å². The fraction of sp³-hybridized carbons (Fsp3) is 0.893. The van der Waals surface area contributed by atoms with Crippen LogP contribution < -0.4 is 10.6 Å². The Morgan fingerprint density at radius 2 is 1.60 bits per heavy atom. The number of amides is 2. The topological polar surface area (TPSA) is 361 Å². The van der Waals surface area contributed by atoms with Gasteiger partial charge in [-0.05, 0) is 12.0 Å². The Morgan fingerprint density at radius 3 is 2.15 bits per heavy atom. The van der Waals surface area contributed by atoms with Crippen LogP contribution in [-0.2, 0) is 42.8 Å². The first-order valence-electron chi connectivity index (χ1n) is 16.1. The number of carbonyl (C=O) groups excluding carboxylic acids is 2. The number of rotatable bonds is 17. The molecule has 0 aromatic rings. The second-order valence-corrected chi connectivity index (χ2v) is 12.4. The van der Waals surface area contributed by atoms with Crippen LogP contribution in [0.5, 0.6) is 0 Å². The van der Waals surface area contributed by atoms with Crippen LogP contribution in [0.3, 0.4) is 0 Å². The van der Waals surface area contributed by atoms with Crippen LogP contribution in [0.4, 0.5) is 4.39 Å². The summed E-state index contributed by atoms with van der Waals surface area (Å²) in [5, 5.41) is 103. The van der Waals surface area contributed by atoms with E-state index in [1.165, 1.54) is 0 Å². The molecule has 3 heterocycles. The lowest BCUT2D eigenvalue weighted by Crippen LogP contribution is -2.71. The monoisotopic (exact) mass is 759 g/mol. The highest BCUT2D eigenvalue weighted by molar-refractivity contribution is 5.76. The van der Waals surface area contributed by atoms with E-state index in [9.17, 15) is 64.7 Å². The Morgan fingerprint density at radius 1 is 0.981 bits per heavy atom. The molecule has 16 atom stereocenters. The molecule has 0 aromatic carbocycles. The molecule has 3 saturated heterocycles. The Bertz CT molecular complexity index is 1250. The molecule has 0 aliphatic carbocycles. The number of aliphatic hydroxyl groups excluding tert-OH is 8. The summed E-state index contributed by atoms with van der Waals surface area (Å²) in [4.78, 5) is 39.4. The maximum absolute atomic E-state index is 14.0. The Hall–Kier alpha value is -2.91. The van der Waals surface area contributed by atoms with Gasteiger partial charge in [0, 0.05) is 38.3 Å². The van der Waals surface area contributed by atoms with E-state index in [4.69, 9.17) is 34.0 Å². The van der Waals surface area contributed by atoms with Crippen molar-refractivity contribution in [2.24, 2.45) is 5.11 Å². The summed E-state index contributed by atoms with van der Waals surface area (Å²) in [6, 6.07) is -3.02. The summed E-state index contributed by atoms with van der Waals surface area (Å²) >= 11 is 0. The molecule has 2 amide bonds. The van der Waals surface area contributed by atoms with Gasteiger partial charge in [-0.15, -0.1) is 0 Å². The van der Waals surface area contributed by atoms with Crippen molar-refractivity contribution < 1.29 is 93.2 Å². The summed E-state index contributed by atoms with van der Waals surface area (Å²) in [5.74, 6) is -6.54. The second kappa shape index (κ2) is 19.4. The maximum atomic E-state index is 14.0. The molecule has 23 nitrogen and oxygen atoms in total. The number of carboxylic acids is 1. The lowest BCUT2D eigenvalue weighted by Gasteiger charge is -2.51. The molecule has 0 spiro atoms. The van der Waals surface area contributed by atoms with Crippen LogP contribution in [0.25, 0.3) is 10.4 Å². The molecule has 0 aromatic heterocycles. The molecule has 3 aliphatic heterocycles. The zero-order valence-electron chi connectivity index (χ0n) is 28.0. The summed E-state index contributed by atoms with van der Waals surface area (Å²) in [7, 11) is 0. The van der Waals surface area contributed by atoms with Gasteiger partial charge in [0.05, 0.1) is 25.4 Å². The molecule has 298 valence electrons. The maximum Gasteiger partial charge on any atom is 0.364 e. The fourth-order valence-electron chi connectivity index (χ4n) is 6.04. The van der Waals surface area contributed by atoms with Crippen LogP contribution >= 0.6 is 0 Å². The van der Waals surface area contributed by atoms with Gasteiger partial charge in [0.1, 0.15) is 73.8 Å². The first-order valence-corrected chi connectivity index (χ1v) is 16.1. The van der Waals surface area contributed by atoms with Gasteiger partial charge in [-0.2, -0.15) is 0 Å². The number of carbonyl (C=O) groups is 3. The first-order chi connectivity index (χ1) is 24.5. The van der Waals surface area contributed by atoms with E-state index >= 15 is 0 Å². The fourth-order valence-corrected chi connectivity index (χ4v) is 6.04.